The highest BCUT2D eigenvalue weighted by atomic mass is 16.6. The van der Waals surface area contributed by atoms with Crippen molar-refractivity contribution in [2.75, 3.05) is 26.7 Å². The molecule has 1 aliphatic rings. The van der Waals surface area contributed by atoms with Crippen molar-refractivity contribution in [3.05, 3.63) is 102 Å². The molecule has 2 aromatic carbocycles. The van der Waals surface area contributed by atoms with Gasteiger partial charge in [-0.15, -0.1) is 0 Å². The molecule has 0 bridgehead atoms. The summed E-state index contributed by atoms with van der Waals surface area (Å²) in [5.41, 5.74) is 0.505. The number of ether oxygens (including phenoxy) is 1. The Hall–Kier alpha value is -3.02. The van der Waals surface area contributed by atoms with Crippen LogP contribution in [0.5, 0.6) is 0 Å². The van der Waals surface area contributed by atoms with Gasteiger partial charge in [0.05, 0.1) is 20.1 Å². The maximum Gasteiger partial charge on any atom is 0.347 e. The van der Waals surface area contributed by atoms with Crippen molar-refractivity contribution in [2.45, 2.75) is 37.3 Å². The van der Waals surface area contributed by atoms with Crippen LogP contribution in [0.4, 0.5) is 0 Å². The van der Waals surface area contributed by atoms with E-state index in [1.807, 2.05) is 48.8 Å². The number of pyridine rings is 1. The van der Waals surface area contributed by atoms with Crippen LogP contribution in [0, 0.1) is 0 Å². The van der Waals surface area contributed by atoms with Crippen LogP contribution in [0.25, 0.3) is 0 Å². The van der Waals surface area contributed by atoms with E-state index in [4.69, 9.17) is 4.74 Å². The van der Waals surface area contributed by atoms with Crippen LogP contribution in [0.1, 0.15) is 36.0 Å². The van der Waals surface area contributed by atoms with Gasteiger partial charge >= 0.3 is 5.97 Å². The van der Waals surface area contributed by atoms with E-state index >= 15 is 0 Å². The molecule has 0 amide bonds. The van der Waals surface area contributed by atoms with Gasteiger partial charge in [0.2, 0.25) is 5.60 Å². The van der Waals surface area contributed by atoms with Gasteiger partial charge in [-0.2, -0.15) is 0 Å². The Morgan fingerprint density at radius 1 is 1.03 bits per heavy atom. The molecule has 0 saturated carbocycles. The Balaban J connectivity index is 1.43. The predicted molar refractivity (Wildman–Crippen MR) is 128 cm³/mol. The average molecular weight is 446 g/mol. The third-order valence-electron chi connectivity index (χ3n) is 7.06. The van der Waals surface area contributed by atoms with Crippen molar-refractivity contribution in [3.63, 3.8) is 0 Å². The van der Waals surface area contributed by atoms with Crippen LogP contribution in [-0.2, 0) is 21.6 Å². The number of quaternary nitrogens is 1. The van der Waals surface area contributed by atoms with Gasteiger partial charge in [-0.25, -0.2) is 4.79 Å². The topological polar surface area (TPSA) is 59.4 Å². The van der Waals surface area contributed by atoms with Gasteiger partial charge in [-0.3, -0.25) is 4.98 Å². The standard InChI is InChI=1S/C28H33N2O3/c1-30(20-8-10-23-16-18-29-19-17-23)21-9-15-26(30)22-33-27(31)28(32,24-11-4-2-5-12-24)25-13-6-3-7-14-25/h2-7,11-14,16-19,26,32H,8-10,15,20-22H2,1H3/q+1. The Morgan fingerprint density at radius 3 is 2.24 bits per heavy atom. The number of aromatic nitrogens is 1. The van der Waals surface area contributed by atoms with Crippen molar-refractivity contribution < 1.29 is 19.1 Å². The number of aryl methyl sites for hydroxylation is 1. The lowest BCUT2D eigenvalue weighted by molar-refractivity contribution is -0.921. The molecule has 1 aromatic heterocycles. The van der Waals surface area contributed by atoms with Crippen LogP contribution in [0.2, 0.25) is 0 Å². The number of aliphatic hydroxyl groups is 1. The van der Waals surface area contributed by atoms with Crippen molar-refractivity contribution in [2.24, 2.45) is 0 Å². The Bertz CT molecular complexity index is 987. The second-order valence-electron chi connectivity index (χ2n) is 9.22. The fraction of sp³-hybridized carbons (Fsp3) is 0.357. The average Bonchev–Trinajstić information content (AvgIpc) is 3.23. The number of rotatable bonds is 9. The summed E-state index contributed by atoms with van der Waals surface area (Å²) < 4.78 is 6.74. The number of benzene rings is 2. The Labute approximate surface area is 196 Å². The molecule has 2 unspecified atom stereocenters. The molecule has 1 N–H and O–H groups in total. The second kappa shape index (κ2) is 10.3. The number of likely N-dealkylation sites (N-methyl/N-ethyl adjacent to an activating group) is 1. The van der Waals surface area contributed by atoms with E-state index in [0.717, 1.165) is 43.3 Å². The SMILES string of the molecule is C[N+]1(CCCc2ccncc2)CCCC1COC(=O)C(O)(c1ccccc1)c1ccccc1. The van der Waals surface area contributed by atoms with Crippen molar-refractivity contribution in [1.29, 1.82) is 0 Å². The summed E-state index contributed by atoms with van der Waals surface area (Å²) in [6.07, 6.45) is 7.91. The smallest absolute Gasteiger partial charge is 0.347 e. The molecule has 5 nitrogen and oxygen atoms in total. The highest BCUT2D eigenvalue weighted by Gasteiger charge is 2.44. The van der Waals surface area contributed by atoms with Crippen molar-refractivity contribution in [3.8, 4) is 0 Å². The zero-order valence-corrected chi connectivity index (χ0v) is 19.3. The number of esters is 1. The molecular formula is C28H33N2O3+. The van der Waals surface area contributed by atoms with Gasteiger partial charge in [0.15, 0.2) is 0 Å². The van der Waals surface area contributed by atoms with Gasteiger partial charge in [-0.1, -0.05) is 60.7 Å². The fourth-order valence-corrected chi connectivity index (χ4v) is 4.97. The van der Waals surface area contributed by atoms with E-state index in [1.165, 1.54) is 5.56 Å². The molecule has 172 valence electrons. The summed E-state index contributed by atoms with van der Waals surface area (Å²) in [4.78, 5) is 17.4. The van der Waals surface area contributed by atoms with E-state index in [9.17, 15) is 9.90 Å². The third-order valence-corrected chi connectivity index (χ3v) is 7.06. The lowest BCUT2D eigenvalue weighted by atomic mass is 9.86. The van der Waals surface area contributed by atoms with E-state index in [-0.39, 0.29) is 6.04 Å². The lowest BCUT2D eigenvalue weighted by Crippen LogP contribution is -2.51. The van der Waals surface area contributed by atoms with E-state index in [0.29, 0.717) is 17.7 Å². The van der Waals surface area contributed by atoms with Gasteiger partial charge in [0.1, 0.15) is 12.6 Å². The summed E-state index contributed by atoms with van der Waals surface area (Å²) >= 11 is 0. The van der Waals surface area contributed by atoms with Crippen LogP contribution in [0.15, 0.2) is 85.2 Å². The number of likely N-dealkylation sites (tertiary alicyclic amines) is 1. The zero-order chi connectivity index (χ0) is 23.2. The van der Waals surface area contributed by atoms with E-state index in [1.54, 1.807) is 24.3 Å². The molecule has 0 aliphatic carbocycles. The van der Waals surface area contributed by atoms with Gasteiger partial charge in [0, 0.05) is 31.7 Å². The first kappa shape index (κ1) is 23.1. The number of carbonyl (C=O) groups is 1. The van der Waals surface area contributed by atoms with Crippen molar-refractivity contribution in [1.82, 2.24) is 4.98 Å². The quantitative estimate of drug-likeness (QED) is 0.398. The first-order valence-electron chi connectivity index (χ1n) is 11.8. The molecule has 4 rings (SSSR count). The summed E-state index contributed by atoms with van der Waals surface area (Å²) in [5.74, 6) is -0.616. The minimum atomic E-state index is -1.83. The summed E-state index contributed by atoms with van der Waals surface area (Å²) in [6.45, 7) is 2.43. The zero-order valence-electron chi connectivity index (χ0n) is 19.3. The minimum Gasteiger partial charge on any atom is -0.457 e. The first-order valence-corrected chi connectivity index (χ1v) is 11.8. The third kappa shape index (κ3) is 5.15. The normalized spacial score (nSPS) is 20.5. The molecule has 33 heavy (non-hydrogen) atoms. The lowest BCUT2D eigenvalue weighted by Gasteiger charge is -2.36. The molecule has 0 spiro atoms. The minimum absolute atomic E-state index is 0.238. The predicted octanol–water partition coefficient (Wildman–Crippen LogP) is 4.10. The van der Waals surface area contributed by atoms with E-state index < -0.39 is 11.6 Å². The molecule has 2 heterocycles. The molecule has 1 aliphatic heterocycles. The van der Waals surface area contributed by atoms with E-state index in [2.05, 4.69) is 24.2 Å². The molecule has 0 radical (unpaired) electrons. The Morgan fingerprint density at radius 2 is 1.64 bits per heavy atom. The number of carbonyl (C=O) groups excluding carboxylic acids is 1. The maximum atomic E-state index is 13.3. The van der Waals surface area contributed by atoms with Gasteiger partial charge in [-0.05, 0) is 35.2 Å². The summed E-state index contributed by atoms with van der Waals surface area (Å²) in [5, 5.41) is 11.6. The highest BCUT2D eigenvalue weighted by Crippen LogP contribution is 2.32. The molecular weight excluding hydrogens is 412 g/mol. The molecule has 5 heteroatoms. The summed E-state index contributed by atoms with van der Waals surface area (Å²) in [7, 11) is 2.26. The van der Waals surface area contributed by atoms with Crippen LogP contribution in [-0.4, -0.2) is 53.3 Å². The molecule has 1 fully saturated rings. The Kier molecular flexibility index (Phi) is 7.21. The molecule has 3 aromatic rings. The monoisotopic (exact) mass is 445 g/mol. The second-order valence-corrected chi connectivity index (χ2v) is 9.22. The van der Waals surface area contributed by atoms with Crippen LogP contribution in [0.3, 0.4) is 0 Å². The number of hydrogen-bond donors (Lipinski definition) is 1. The first-order chi connectivity index (χ1) is 16.0. The van der Waals surface area contributed by atoms with Gasteiger partial charge in [0.25, 0.3) is 0 Å². The van der Waals surface area contributed by atoms with Crippen LogP contribution < -0.4 is 0 Å². The van der Waals surface area contributed by atoms with Crippen LogP contribution >= 0.6 is 0 Å². The molecule has 1 saturated heterocycles. The maximum absolute atomic E-state index is 13.3. The number of nitrogens with zero attached hydrogens (tertiary/aromatic N) is 2. The van der Waals surface area contributed by atoms with Gasteiger partial charge < -0.3 is 14.3 Å². The molecule has 2 atom stereocenters. The largest absolute Gasteiger partial charge is 0.457 e. The number of hydrogen-bond acceptors (Lipinski definition) is 4. The highest BCUT2D eigenvalue weighted by molar-refractivity contribution is 5.85. The summed E-state index contributed by atoms with van der Waals surface area (Å²) in [6, 6.07) is 22.5. The van der Waals surface area contributed by atoms with Crippen molar-refractivity contribution >= 4 is 5.97 Å². The fourth-order valence-electron chi connectivity index (χ4n) is 4.97.